The zero-order valence-corrected chi connectivity index (χ0v) is 15.5. The second-order valence-corrected chi connectivity index (χ2v) is 6.22. The van der Waals surface area contributed by atoms with Gasteiger partial charge in [0.15, 0.2) is 16.6 Å². The average molecular weight is 403 g/mol. The Labute approximate surface area is 163 Å². The van der Waals surface area contributed by atoms with Gasteiger partial charge in [0.25, 0.3) is 0 Å². The van der Waals surface area contributed by atoms with Crippen LogP contribution in [0.2, 0.25) is 0 Å². The molecule has 0 spiro atoms. The van der Waals surface area contributed by atoms with E-state index < -0.39 is 6.61 Å². The monoisotopic (exact) mass is 403 g/mol. The molecule has 0 aliphatic carbocycles. The maximum Gasteiger partial charge on any atom is 0.387 e. The summed E-state index contributed by atoms with van der Waals surface area (Å²) in [6.45, 7) is -2.95. The van der Waals surface area contributed by atoms with Crippen molar-refractivity contribution in [3.63, 3.8) is 0 Å². The predicted molar refractivity (Wildman–Crippen MR) is 103 cm³/mol. The van der Waals surface area contributed by atoms with E-state index in [0.717, 1.165) is 0 Å². The van der Waals surface area contributed by atoms with E-state index in [2.05, 4.69) is 20.0 Å². The Morgan fingerprint density at radius 2 is 2.07 bits per heavy atom. The predicted octanol–water partition coefficient (Wildman–Crippen LogP) is 4.47. The van der Waals surface area contributed by atoms with Crippen molar-refractivity contribution in [2.75, 3.05) is 12.4 Å². The van der Waals surface area contributed by atoms with Crippen LogP contribution in [-0.2, 0) is 4.79 Å². The molecule has 1 aromatic carbocycles. The second-order valence-electron chi connectivity index (χ2n) is 5.36. The molecule has 3 rings (SSSR count). The molecule has 0 unspecified atom stereocenters. The first-order chi connectivity index (χ1) is 13.5. The number of hydrogen-bond donors (Lipinski definition) is 1. The number of anilines is 1. The zero-order chi connectivity index (χ0) is 19.9. The summed E-state index contributed by atoms with van der Waals surface area (Å²) in [5, 5.41) is 4.91. The molecule has 28 heavy (non-hydrogen) atoms. The quantitative estimate of drug-likeness (QED) is 0.590. The van der Waals surface area contributed by atoms with E-state index in [1.165, 1.54) is 48.8 Å². The molecule has 0 fully saturated rings. The molecule has 1 N–H and O–H groups in total. The summed E-state index contributed by atoms with van der Waals surface area (Å²) in [6.07, 6.45) is 4.50. The fraction of sp³-hybridized carbons (Fsp3) is 0.105. The van der Waals surface area contributed by atoms with E-state index in [1.807, 2.05) is 18.2 Å². The molecule has 0 bridgehead atoms. The number of nitrogens with one attached hydrogen (secondary N) is 1. The number of ether oxygens (including phenoxy) is 2. The van der Waals surface area contributed by atoms with Crippen molar-refractivity contribution in [3.8, 4) is 22.9 Å². The first kappa shape index (κ1) is 19.4. The Morgan fingerprint density at radius 1 is 1.21 bits per heavy atom. The molecule has 0 saturated heterocycles. The molecule has 2 heterocycles. The number of thiazole rings is 1. The lowest BCUT2D eigenvalue weighted by Gasteiger charge is -2.10. The van der Waals surface area contributed by atoms with E-state index in [9.17, 15) is 13.6 Å². The third-order valence-corrected chi connectivity index (χ3v) is 4.25. The van der Waals surface area contributed by atoms with Crippen molar-refractivity contribution >= 4 is 28.5 Å². The molecule has 0 aliphatic rings. The van der Waals surface area contributed by atoms with Crippen molar-refractivity contribution in [1.82, 2.24) is 9.97 Å². The van der Waals surface area contributed by atoms with Crippen LogP contribution >= 0.6 is 11.3 Å². The van der Waals surface area contributed by atoms with Gasteiger partial charge in [-0.15, -0.1) is 11.3 Å². The SMILES string of the molecule is COc1cc(/C=C/C(=O)Nc2nc(-c3ccccn3)cs2)ccc1OC(F)F. The van der Waals surface area contributed by atoms with Crippen molar-refractivity contribution in [1.29, 1.82) is 0 Å². The lowest BCUT2D eigenvalue weighted by atomic mass is 10.2. The molecule has 2 aromatic heterocycles. The maximum absolute atomic E-state index is 12.4. The zero-order valence-electron chi connectivity index (χ0n) is 14.6. The second kappa shape index (κ2) is 9.05. The number of carbonyl (C=O) groups excluding carboxylic acids is 1. The highest BCUT2D eigenvalue weighted by Gasteiger charge is 2.11. The van der Waals surface area contributed by atoms with E-state index >= 15 is 0 Å². The number of benzene rings is 1. The Balaban J connectivity index is 1.65. The third-order valence-electron chi connectivity index (χ3n) is 3.49. The lowest BCUT2D eigenvalue weighted by molar-refractivity contribution is -0.111. The Bertz CT molecular complexity index is 978. The number of nitrogens with zero attached hydrogens (tertiary/aromatic N) is 2. The number of hydrogen-bond acceptors (Lipinski definition) is 6. The molecular weight excluding hydrogens is 388 g/mol. The van der Waals surface area contributed by atoms with E-state index in [4.69, 9.17) is 4.74 Å². The van der Waals surface area contributed by atoms with Gasteiger partial charge < -0.3 is 9.47 Å². The molecule has 144 valence electrons. The summed E-state index contributed by atoms with van der Waals surface area (Å²) in [6, 6.07) is 9.87. The van der Waals surface area contributed by atoms with Gasteiger partial charge in [0.2, 0.25) is 5.91 Å². The standard InChI is InChI=1S/C19H15F2N3O3S/c1-26-16-10-12(5-7-15(16)27-18(20)21)6-8-17(25)24-19-23-14(11-28-19)13-4-2-3-9-22-13/h2-11,18H,1H3,(H,23,24,25)/b8-6+. The smallest absolute Gasteiger partial charge is 0.387 e. The summed E-state index contributed by atoms with van der Waals surface area (Å²) in [5.41, 5.74) is 1.97. The maximum atomic E-state index is 12.4. The van der Waals surface area contributed by atoms with Crippen LogP contribution in [0.15, 0.2) is 54.1 Å². The number of alkyl halides is 2. The number of rotatable bonds is 7. The minimum absolute atomic E-state index is 0.0797. The fourth-order valence-corrected chi connectivity index (χ4v) is 2.97. The molecule has 0 saturated carbocycles. The minimum atomic E-state index is -2.95. The van der Waals surface area contributed by atoms with Crippen molar-refractivity contribution < 1.29 is 23.0 Å². The third kappa shape index (κ3) is 5.10. The van der Waals surface area contributed by atoms with Crippen molar-refractivity contribution in [3.05, 3.63) is 59.6 Å². The summed E-state index contributed by atoms with van der Waals surface area (Å²) >= 11 is 1.28. The topological polar surface area (TPSA) is 73.3 Å². The van der Waals surface area contributed by atoms with Crippen molar-refractivity contribution in [2.45, 2.75) is 6.61 Å². The molecule has 1 amide bonds. The molecule has 0 aliphatic heterocycles. The van der Waals surface area contributed by atoms with E-state index in [1.54, 1.807) is 11.6 Å². The Kier molecular flexibility index (Phi) is 6.28. The number of halogens is 2. The van der Waals surface area contributed by atoms with Gasteiger partial charge >= 0.3 is 6.61 Å². The van der Waals surface area contributed by atoms with Gasteiger partial charge in [0.05, 0.1) is 12.8 Å². The van der Waals surface area contributed by atoms with Crippen LogP contribution in [0.1, 0.15) is 5.56 Å². The number of carbonyl (C=O) groups is 1. The van der Waals surface area contributed by atoms with Gasteiger partial charge in [0, 0.05) is 17.7 Å². The summed E-state index contributed by atoms with van der Waals surface area (Å²) < 4.78 is 34.1. The van der Waals surface area contributed by atoms with Gasteiger partial charge in [-0.05, 0) is 35.9 Å². The minimum Gasteiger partial charge on any atom is -0.493 e. The van der Waals surface area contributed by atoms with Crippen LogP contribution in [0, 0.1) is 0 Å². The average Bonchev–Trinajstić information content (AvgIpc) is 3.16. The molecule has 0 radical (unpaired) electrons. The Hall–Kier alpha value is -3.33. The normalized spacial score (nSPS) is 11.0. The number of methoxy groups -OCH3 is 1. The van der Waals surface area contributed by atoms with Crippen LogP contribution in [0.5, 0.6) is 11.5 Å². The molecule has 3 aromatic rings. The fourth-order valence-electron chi connectivity index (χ4n) is 2.26. The van der Waals surface area contributed by atoms with Crippen LogP contribution in [0.4, 0.5) is 13.9 Å². The first-order valence-electron chi connectivity index (χ1n) is 8.04. The highest BCUT2D eigenvalue weighted by molar-refractivity contribution is 7.14. The molecule has 0 atom stereocenters. The number of aromatic nitrogens is 2. The van der Waals surface area contributed by atoms with Crippen LogP contribution in [0.3, 0.4) is 0 Å². The van der Waals surface area contributed by atoms with Crippen LogP contribution in [-0.4, -0.2) is 29.6 Å². The van der Waals surface area contributed by atoms with Gasteiger partial charge in [-0.2, -0.15) is 8.78 Å². The molecule has 6 nitrogen and oxygen atoms in total. The van der Waals surface area contributed by atoms with Crippen molar-refractivity contribution in [2.24, 2.45) is 0 Å². The Morgan fingerprint density at radius 3 is 2.79 bits per heavy atom. The highest BCUT2D eigenvalue weighted by atomic mass is 32.1. The summed E-state index contributed by atoms with van der Waals surface area (Å²) in [7, 11) is 1.34. The van der Waals surface area contributed by atoms with Gasteiger partial charge in [-0.3, -0.25) is 15.1 Å². The highest BCUT2D eigenvalue weighted by Crippen LogP contribution is 2.30. The van der Waals surface area contributed by atoms with Crippen LogP contribution < -0.4 is 14.8 Å². The molecule has 9 heteroatoms. The largest absolute Gasteiger partial charge is 0.493 e. The van der Waals surface area contributed by atoms with Gasteiger partial charge in [-0.1, -0.05) is 12.1 Å². The number of amides is 1. The lowest BCUT2D eigenvalue weighted by Crippen LogP contribution is -2.07. The summed E-state index contributed by atoms with van der Waals surface area (Å²) in [5.74, 6) is -0.319. The first-order valence-corrected chi connectivity index (χ1v) is 8.92. The van der Waals surface area contributed by atoms with Gasteiger partial charge in [0.1, 0.15) is 5.69 Å². The van der Waals surface area contributed by atoms with Gasteiger partial charge in [-0.25, -0.2) is 4.98 Å². The van der Waals surface area contributed by atoms with E-state index in [0.29, 0.717) is 22.1 Å². The van der Waals surface area contributed by atoms with E-state index in [-0.39, 0.29) is 17.4 Å². The number of pyridine rings is 1. The summed E-state index contributed by atoms with van der Waals surface area (Å²) in [4.78, 5) is 20.6. The van der Waals surface area contributed by atoms with Crippen LogP contribution in [0.25, 0.3) is 17.5 Å². The molecular formula is C19H15F2N3O3S.